The Bertz CT molecular complexity index is 492. The van der Waals surface area contributed by atoms with Crippen LogP contribution in [-0.4, -0.2) is 36.5 Å². The number of rotatable bonds is 5. The Balaban J connectivity index is 1.98. The summed E-state index contributed by atoms with van der Waals surface area (Å²) in [6, 6.07) is 9.12. The standard InChI is InChI=1S/C13H19NO3S/c1-2-8-13(15)10-14(11-13)18(16,17)9-12-6-4-3-5-7-12/h3-7,15H,2,8-11H2,1H3. The maximum atomic E-state index is 12.1. The largest absolute Gasteiger partial charge is 0.387 e. The molecule has 1 aromatic rings. The molecule has 1 aliphatic rings. The summed E-state index contributed by atoms with van der Waals surface area (Å²) >= 11 is 0. The van der Waals surface area contributed by atoms with Gasteiger partial charge >= 0.3 is 0 Å². The molecule has 0 radical (unpaired) electrons. The van der Waals surface area contributed by atoms with Gasteiger partial charge in [-0.1, -0.05) is 43.7 Å². The zero-order valence-electron chi connectivity index (χ0n) is 10.5. The third-order valence-corrected chi connectivity index (χ3v) is 4.99. The second-order valence-corrected chi connectivity index (χ2v) is 6.95. The van der Waals surface area contributed by atoms with Crippen molar-refractivity contribution in [2.75, 3.05) is 13.1 Å². The molecule has 1 saturated heterocycles. The van der Waals surface area contributed by atoms with Gasteiger partial charge in [0.05, 0.1) is 11.4 Å². The third kappa shape index (κ3) is 2.91. The van der Waals surface area contributed by atoms with E-state index in [-0.39, 0.29) is 18.8 Å². The third-order valence-electron chi connectivity index (χ3n) is 3.24. The van der Waals surface area contributed by atoms with E-state index in [9.17, 15) is 13.5 Å². The summed E-state index contributed by atoms with van der Waals surface area (Å²) < 4.78 is 25.5. The van der Waals surface area contributed by atoms with E-state index in [1.165, 1.54) is 4.31 Å². The Morgan fingerprint density at radius 3 is 2.44 bits per heavy atom. The Morgan fingerprint density at radius 1 is 1.28 bits per heavy atom. The fourth-order valence-electron chi connectivity index (χ4n) is 2.31. The molecule has 1 aromatic carbocycles. The van der Waals surface area contributed by atoms with E-state index in [0.29, 0.717) is 6.42 Å². The Labute approximate surface area is 108 Å². The highest BCUT2D eigenvalue weighted by molar-refractivity contribution is 7.88. The molecule has 0 saturated carbocycles. The first-order chi connectivity index (χ1) is 8.45. The van der Waals surface area contributed by atoms with Crippen molar-refractivity contribution in [1.82, 2.24) is 4.31 Å². The Hall–Kier alpha value is -0.910. The fraction of sp³-hybridized carbons (Fsp3) is 0.538. The molecular weight excluding hydrogens is 250 g/mol. The molecule has 0 unspecified atom stereocenters. The lowest BCUT2D eigenvalue weighted by Gasteiger charge is -2.45. The molecular formula is C13H19NO3S. The van der Waals surface area contributed by atoms with Crippen LogP contribution in [0.2, 0.25) is 0 Å². The van der Waals surface area contributed by atoms with Crippen LogP contribution in [0, 0.1) is 0 Å². The highest BCUT2D eigenvalue weighted by atomic mass is 32.2. The number of hydrogen-bond donors (Lipinski definition) is 1. The van der Waals surface area contributed by atoms with Crippen LogP contribution in [0.1, 0.15) is 25.3 Å². The summed E-state index contributed by atoms with van der Waals surface area (Å²) in [5.41, 5.74) is -0.0261. The highest BCUT2D eigenvalue weighted by Gasteiger charge is 2.45. The second-order valence-electron chi connectivity index (χ2n) is 4.98. The van der Waals surface area contributed by atoms with Crippen LogP contribution in [0.25, 0.3) is 0 Å². The molecule has 0 amide bonds. The zero-order valence-corrected chi connectivity index (χ0v) is 11.4. The first kappa shape index (κ1) is 13.5. The van der Waals surface area contributed by atoms with Crippen molar-refractivity contribution in [3.05, 3.63) is 35.9 Å². The van der Waals surface area contributed by atoms with Crippen molar-refractivity contribution in [3.8, 4) is 0 Å². The summed E-state index contributed by atoms with van der Waals surface area (Å²) in [4.78, 5) is 0. The number of nitrogens with zero attached hydrogens (tertiary/aromatic N) is 1. The molecule has 0 aliphatic carbocycles. The van der Waals surface area contributed by atoms with E-state index < -0.39 is 15.6 Å². The monoisotopic (exact) mass is 269 g/mol. The van der Waals surface area contributed by atoms with E-state index in [4.69, 9.17) is 0 Å². The number of β-amino-alcohol motifs (C(OH)–C–C–N with tert-alkyl or cyclic N) is 1. The summed E-state index contributed by atoms with van der Waals surface area (Å²) in [6.07, 6.45) is 1.52. The normalized spacial score (nSPS) is 19.4. The lowest BCUT2D eigenvalue weighted by molar-refractivity contribution is -0.0653. The molecule has 1 heterocycles. The Kier molecular flexibility index (Phi) is 3.75. The molecule has 4 nitrogen and oxygen atoms in total. The number of hydrogen-bond acceptors (Lipinski definition) is 3. The van der Waals surface area contributed by atoms with Crippen LogP contribution in [0.5, 0.6) is 0 Å². The van der Waals surface area contributed by atoms with Crippen LogP contribution in [0.15, 0.2) is 30.3 Å². The van der Waals surface area contributed by atoms with E-state index in [1.807, 2.05) is 25.1 Å². The van der Waals surface area contributed by atoms with Crippen molar-refractivity contribution in [2.24, 2.45) is 0 Å². The van der Waals surface area contributed by atoms with Crippen LogP contribution >= 0.6 is 0 Å². The zero-order chi connectivity index (χ0) is 13.2. The lowest BCUT2D eigenvalue weighted by atomic mass is 9.92. The van der Waals surface area contributed by atoms with Crippen molar-refractivity contribution in [3.63, 3.8) is 0 Å². The van der Waals surface area contributed by atoms with Gasteiger partial charge in [0.1, 0.15) is 0 Å². The quantitative estimate of drug-likeness (QED) is 0.878. The number of benzene rings is 1. The Morgan fingerprint density at radius 2 is 1.89 bits per heavy atom. The predicted molar refractivity (Wildman–Crippen MR) is 70.5 cm³/mol. The molecule has 1 aliphatic heterocycles. The topological polar surface area (TPSA) is 57.6 Å². The average molecular weight is 269 g/mol. The van der Waals surface area contributed by atoms with Crippen LogP contribution < -0.4 is 0 Å². The smallest absolute Gasteiger partial charge is 0.218 e. The van der Waals surface area contributed by atoms with Gasteiger partial charge in [0, 0.05) is 13.1 Å². The van der Waals surface area contributed by atoms with Crippen molar-refractivity contribution in [1.29, 1.82) is 0 Å². The predicted octanol–water partition coefficient (Wildman–Crippen LogP) is 1.36. The van der Waals surface area contributed by atoms with Crippen molar-refractivity contribution < 1.29 is 13.5 Å². The van der Waals surface area contributed by atoms with Crippen molar-refractivity contribution >= 4 is 10.0 Å². The lowest BCUT2D eigenvalue weighted by Crippen LogP contribution is -2.63. The van der Waals surface area contributed by atoms with Crippen molar-refractivity contribution in [2.45, 2.75) is 31.1 Å². The molecule has 1 N–H and O–H groups in total. The molecule has 1 fully saturated rings. The van der Waals surface area contributed by atoms with E-state index in [0.717, 1.165) is 12.0 Å². The minimum Gasteiger partial charge on any atom is -0.387 e. The summed E-state index contributed by atoms with van der Waals surface area (Å²) in [7, 11) is -3.29. The second kappa shape index (κ2) is 4.99. The summed E-state index contributed by atoms with van der Waals surface area (Å²) in [5.74, 6) is 0.00997. The van der Waals surface area contributed by atoms with Gasteiger partial charge in [-0.3, -0.25) is 0 Å². The number of sulfonamides is 1. The highest BCUT2D eigenvalue weighted by Crippen LogP contribution is 2.29. The van der Waals surface area contributed by atoms with Crippen LogP contribution in [0.4, 0.5) is 0 Å². The first-order valence-electron chi connectivity index (χ1n) is 6.19. The van der Waals surface area contributed by atoms with E-state index in [2.05, 4.69) is 0 Å². The molecule has 0 spiro atoms. The van der Waals surface area contributed by atoms with Gasteiger partial charge in [-0.05, 0) is 12.0 Å². The van der Waals surface area contributed by atoms with Gasteiger partial charge in [-0.15, -0.1) is 0 Å². The van der Waals surface area contributed by atoms with E-state index in [1.54, 1.807) is 12.1 Å². The average Bonchev–Trinajstić information content (AvgIpc) is 2.27. The molecule has 100 valence electrons. The first-order valence-corrected chi connectivity index (χ1v) is 7.80. The summed E-state index contributed by atoms with van der Waals surface area (Å²) in [6.45, 7) is 2.45. The summed E-state index contributed by atoms with van der Waals surface area (Å²) in [5, 5.41) is 10.0. The van der Waals surface area contributed by atoms with Gasteiger partial charge in [0.2, 0.25) is 10.0 Å². The minimum absolute atomic E-state index is 0.00997. The van der Waals surface area contributed by atoms with Crippen LogP contribution in [-0.2, 0) is 15.8 Å². The van der Waals surface area contributed by atoms with Gasteiger partial charge in [0.15, 0.2) is 0 Å². The van der Waals surface area contributed by atoms with E-state index >= 15 is 0 Å². The number of aliphatic hydroxyl groups is 1. The SMILES string of the molecule is CCCC1(O)CN(S(=O)(=O)Cc2ccccc2)C1. The molecule has 0 bridgehead atoms. The van der Waals surface area contributed by atoms with Gasteiger partial charge in [-0.25, -0.2) is 8.42 Å². The molecule has 5 heteroatoms. The maximum absolute atomic E-state index is 12.1. The molecule has 0 aromatic heterocycles. The molecule has 18 heavy (non-hydrogen) atoms. The molecule has 2 rings (SSSR count). The van der Waals surface area contributed by atoms with Gasteiger partial charge < -0.3 is 5.11 Å². The maximum Gasteiger partial charge on any atom is 0.218 e. The molecule has 0 atom stereocenters. The van der Waals surface area contributed by atoms with Crippen LogP contribution in [0.3, 0.4) is 0 Å². The van der Waals surface area contributed by atoms with Gasteiger partial charge in [0.25, 0.3) is 0 Å². The fourth-order valence-corrected chi connectivity index (χ4v) is 3.98. The minimum atomic E-state index is -3.29. The van der Waals surface area contributed by atoms with Gasteiger partial charge in [-0.2, -0.15) is 4.31 Å².